The van der Waals surface area contributed by atoms with Crippen molar-refractivity contribution in [2.45, 2.75) is 13.0 Å². The number of hydrogen-bond donors (Lipinski definition) is 4. The zero-order valence-electron chi connectivity index (χ0n) is 14.0. The molecule has 0 fully saturated rings. The van der Waals surface area contributed by atoms with E-state index in [-0.39, 0.29) is 18.0 Å². The molecular weight excluding hydrogens is 342 g/mol. The minimum Gasteiger partial charge on any atom is -0.334 e. The molecule has 8 heteroatoms. The average Bonchev–Trinajstić information content (AvgIpc) is 2.57. The van der Waals surface area contributed by atoms with E-state index in [1.165, 1.54) is 6.20 Å². The van der Waals surface area contributed by atoms with Gasteiger partial charge in [-0.05, 0) is 44.3 Å². The lowest BCUT2D eigenvalue weighted by Gasteiger charge is -2.14. The van der Waals surface area contributed by atoms with Crippen LogP contribution < -0.4 is 21.3 Å². The van der Waals surface area contributed by atoms with Crippen molar-refractivity contribution >= 4 is 35.0 Å². The van der Waals surface area contributed by atoms with Crippen molar-refractivity contribution in [1.29, 1.82) is 0 Å². The van der Waals surface area contributed by atoms with E-state index in [0.29, 0.717) is 28.6 Å². The largest absolute Gasteiger partial charge is 0.334 e. The van der Waals surface area contributed by atoms with Crippen molar-refractivity contribution < 1.29 is 9.59 Å². The van der Waals surface area contributed by atoms with Gasteiger partial charge in [0.05, 0.1) is 5.02 Å². The van der Waals surface area contributed by atoms with E-state index in [1.54, 1.807) is 36.4 Å². The molecule has 1 aromatic carbocycles. The lowest BCUT2D eigenvalue weighted by atomic mass is 10.2. The molecular formula is C17H20ClN5O2. The molecule has 0 saturated carbocycles. The van der Waals surface area contributed by atoms with Gasteiger partial charge in [-0.3, -0.25) is 4.79 Å². The fraction of sp³-hybridized carbons (Fsp3) is 0.235. The van der Waals surface area contributed by atoms with Gasteiger partial charge in [0, 0.05) is 30.0 Å². The van der Waals surface area contributed by atoms with Crippen molar-refractivity contribution in [3.05, 3.63) is 53.2 Å². The van der Waals surface area contributed by atoms with E-state index < -0.39 is 0 Å². The van der Waals surface area contributed by atoms with Crippen LogP contribution in [-0.4, -0.2) is 36.6 Å². The quantitative estimate of drug-likeness (QED) is 0.636. The molecule has 0 saturated heterocycles. The number of carbonyl (C=O) groups excluding carboxylic acids is 2. The van der Waals surface area contributed by atoms with Gasteiger partial charge in [-0.2, -0.15) is 0 Å². The maximum Gasteiger partial charge on any atom is 0.319 e. The summed E-state index contributed by atoms with van der Waals surface area (Å²) >= 11 is 5.76. The van der Waals surface area contributed by atoms with E-state index in [0.717, 1.165) is 0 Å². The number of rotatable bonds is 6. The van der Waals surface area contributed by atoms with Crippen LogP contribution in [0, 0.1) is 0 Å². The Morgan fingerprint density at radius 3 is 2.68 bits per heavy atom. The molecule has 1 atom stereocenters. The van der Waals surface area contributed by atoms with Crippen molar-refractivity contribution in [2.75, 3.05) is 24.2 Å². The second kappa shape index (κ2) is 9.00. The Morgan fingerprint density at radius 2 is 2.00 bits per heavy atom. The number of amides is 3. The first kappa shape index (κ1) is 18.7. The number of anilines is 2. The van der Waals surface area contributed by atoms with Gasteiger partial charge in [0.15, 0.2) is 0 Å². The molecule has 25 heavy (non-hydrogen) atoms. The van der Waals surface area contributed by atoms with E-state index in [9.17, 15) is 9.59 Å². The van der Waals surface area contributed by atoms with Gasteiger partial charge >= 0.3 is 6.03 Å². The lowest BCUT2D eigenvalue weighted by molar-refractivity contribution is 0.102. The van der Waals surface area contributed by atoms with Crippen LogP contribution in [0.2, 0.25) is 5.02 Å². The number of benzene rings is 1. The van der Waals surface area contributed by atoms with Crippen molar-refractivity contribution in [1.82, 2.24) is 15.6 Å². The summed E-state index contributed by atoms with van der Waals surface area (Å²) in [5.74, 6) is 0.0637. The van der Waals surface area contributed by atoms with E-state index in [1.807, 2.05) is 14.0 Å². The van der Waals surface area contributed by atoms with Gasteiger partial charge in [-0.25, -0.2) is 9.78 Å². The fourth-order valence-electron chi connectivity index (χ4n) is 2.12. The molecule has 3 amide bonds. The Morgan fingerprint density at radius 1 is 1.20 bits per heavy atom. The van der Waals surface area contributed by atoms with Crippen LogP contribution in [-0.2, 0) is 0 Å². The molecule has 0 aliphatic heterocycles. The van der Waals surface area contributed by atoms with Gasteiger partial charge < -0.3 is 21.3 Å². The molecule has 0 spiro atoms. The van der Waals surface area contributed by atoms with Crippen molar-refractivity contribution in [2.24, 2.45) is 0 Å². The Bertz CT molecular complexity index is 736. The highest BCUT2D eigenvalue weighted by molar-refractivity contribution is 6.30. The molecule has 0 aliphatic carbocycles. The minimum absolute atomic E-state index is 0.0209. The summed E-state index contributed by atoms with van der Waals surface area (Å²) in [4.78, 5) is 28.2. The number of nitrogens with one attached hydrogen (secondary N) is 4. The molecule has 1 aromatic heterocycles. The summed E-state index contributed by atoms with van der Waals surface area (Å²) in [6, 6.07) is 9.53. The van der Waals surface area contributed by atoms with Crippen LogP contribution in [0.25, 0.3) is 0 Å². The van der Waals surface area contributed by atoms with Crippen molar-refractivity contribution in [3.8, 4) is 0 Å². The second-order valence-electron chi connectivity index (χ2n) is 5.45. The topological polar surface area (TPSA) is 95.1 Å². The molecule has 1 unspecified atom stereocenters. The monoisotopic (exact) mass is 361 g/mol. The van der Waals surface area contributed by atoms with Crippen LogP contribution in [0.5, 0.6) is 0 Å². The van der Waals surface area contributed by atoms with Crippen molar-refractivity contribution in [3.63, 3.8) is 0 Å². The standard InChI is InChI=1S/C17H20ClN5O2/c1-11(9-19-2)21-17(25)22-14-5-3-4-12(8-14)16(24)23-15-7-6-13(18)10-20-15/h3-8,10-11,19H,9H2,1-2H3,(H,20,23,24)(H2,21,22,25). The Labute approximate surface area is 151 Å². The van der Waals surface area contributed by atoms with Gasteiger partial charge in [0.2, 0.25) is 0 Å². The second-order valence-corrected chi connectivity index (χ2v) is 5.89. The van der Waals surface area contributed by atoms with Crippen LogP contribution in [0.3, 0.4) is 0 Å². The number of halogens is 1. The molecule has 0 radical (unpaired) electrons. The minimum atomic E-state index is -0.334. The van der Waals surface area contributed by atoms with Crippen LogP contribution >= 0.6 is 11.6 Å². The van der Waals surface area contributed by atoms with Crippen LogP contribution in [0.1, 0.15) is 17.3 Å². The third-order valence-corrected chi connectivity index (χ3v) is 3.46. The predicted molar refractivity (Wildman–Crippen MR) is 99.2 cm³/mol. The van der Waals surface area contributed by atoms with Crippen LogP contribution in [0.15, 0.2) is 42.6 Å². The summed E-state index contributed by atoms with van der Waals surface area (Å²) in [5, 5.41) is 11.6. The predicted octanol–water partition coefficient (Wildman–Crippen LogP) is 2.72. The smallest absolute Gasteiger partial charge is 0.319 e. The Balaban J connectivity index is 1.99. The summed E-state index contributed by atoms with van der Waals surface area (Å²) in [6.07, 6.45) is 1.45. The number of nitrogens with zero attached hydrogens (tertiary/aromatic N) is 1. The third-order valence-electron chi connectivity index (χ3n) is 3.24. The molecule has 0 bridgehead atoms. The zero-order valence-corrected chi connectivity index (χ0v) is 14.7. The number of carbonyl (C=O) groups is 2. The molecule has 2 aromatic rings. The Hall–Kier alpha value is -2.64. The normalized spacial score (nSPS) is 11.5. The highest BCUT2D eigenvalue weighted by Crippen LogP contribution is 2.14. The first-order valence-corrected chi connectivity index (χ1v) is 8.11. The summed E-state index contributed by atoms with van der Waals surface area (Å²) in [7, 11) is 1.81. The number of hydrogen-bond acceptors (Lipinski definition) is 4. The van der Waals surface area contributed by atoms with Gasteiger partial charge in [-0.15, -0.1) is 0 Å². The highest BCUT2D eigenvalue weighted by atomic mass is 35.5. The number of likely N-dealkylation sites (N-methyl/N-ethyl adjacent to an activating group) is 1. The lowest BCUT2D eigenvalue weighted by Crippen LogP contribution is -2.41. The zero-order chi connectivity index (χ0) is 18.2. The van der Waals surface area contributed by atoms with E-state index >= 15 is 0 Å². The highest BCUT2D eigenvalue weighted by Gasteiger charge is 2.10. The summed E-state index contributed by atoms with van der Waals surface area (Å²) in [6.45, 7) is 2.54. The fourth-order valence-corrected chi connectivity index (χ4v) is 2.24. The molecule has 132 valence electrons. The molecule has 0 aliphatic rings. The molecule has 4 N–H and O–H groups in total. The maximum absolute atomic E-state index is 12.3. The number of aromatic nitrogens is 1. The van der Waals surface area contributed by atoms with Gasteiger partial charge in [-0.1, -0.05) is 17.7 Å². The first-order valence-electron chi connectivity index (χ1n) is 7.73. The van der Waals surface area contributed by atoms with Gasteiger partial charge in [0.25, 0.3) is 5.91 Å². The van der Waals surface area contributed by atoms with E-state index in [4.69, 9.17) is 11.6 Å². The van der Waals surface area contributed by atoms with Crippen LogP contribution in [0.4, 0.5) is 16.3 Å². The Kier molecular flexibility index (Phi) is 6.73. The summed E-state index contributed by atoms with van der Waals surface area (Å²) in [5.41, 5.74) is 0.920. The maximum atomic E-state index is 12.3. The average molecular weight is 362 g/mol. The van der Waals surface area contributed by atoms with E-state index in [2.05, 4.69) is 26.3 Å². The molecule has 1 heterocycles. The molecule has 2 rings (SSSR count). The third kappa shape index (κ3) is 6.06. The number of urea groups is 1. The first-order chi connectivity index (χ1) is 12.0. The number of pyridine rings is 1. The summed E-state index contributed by atoms with van der Waals surface area (Å²) < 4.78 is 0. The molecule has 7 nitrogen and oxygen atoms in total. The SMILES string of the molecule is CNCC(C)NC(=O)Nc1cccc(C(=O)Nc2ccc(Cl)cn2)c1. The van der Waals surface area contributed by atoms with Gasteiger partial charge in [0.1, 0.15) is 5.82 Å².